The molecular formula is C14H18F2O. The van der Waals surface area contributed by atoms with E-state index in [0.717, 1.165) is 25.0 Å². The maximum Gasteiger partial charge on any atom is 0.126 e. The van der Waals surface area contributed by atoms with Gasteiger partial charge in [-0.25, -0.2) is 8.78 Å². The molecule has 0 aromatic heterocycles. The van der Waals surface area contributed by atoms with Crippen LogP contribution in [0.15, 0.2) is 18.2 Å². The number of halogens is 2. The topological polar surface area (TPSA) is 20.2 Å². The first-order valence-corrected chi connectivity index (χ1v) is 6.15. The van der Waals surface area contributed by atoms with Crippen LogP contribution in [0, 0.1) is 17.6 Å². The van der Waals surface area contributed by atoms with Gasteiger partial charge in [0.1, 0.15) is 11.6 Å². The van der Waals surface area contributed by atoms with E-state index >= 15 is 0 Å². The highest BCUT2D eigenvalue weighted by molar-refractivity contribution is 5.21. The molecule has 1 aliphatic carbocycles. The minimum atomic E-state index is -0.860. The summed E-state index contributed by atoms with van der Waals surface area (Å²) < 4.78 is 26.5. The smallest absolute Gasteiger partial charge is 0.126 e. The van der Waals surface area contributed by atoms with Gasteiger partial charge < -0.3 is 5.11 Å². The summed E-state index contributed by atoms with van der Waals surface area (Å²) in [6, 6.07) is 3.41. The second kappa shape index (κ2) is 4.73. The highest BCUT2D eigenvalue weighted by Crippen LogP contribution is 2.34. The normalized spacial score (nSPS) is 29.3. The summed E-state index contributed by atoms with van der Waals surface area (Å²) >= 11 is 0. The van der Waals surface area contributed by atoms with E-state index in [1.807, 2.05) is 0 Å². The van der Waals surface area contributed by atoms with E-state index < -0.39 is 17.2 Å². The predicted octanol–water partition coefficient (Wildman–Crippen LogP) is 3.45. The third kappa shape index (κ3) is 3.03. The second-order valence-electron chi connectivity index (χ2n) is 5.32. The summed E-state index contributed by atoms with van der Waals surface area (Å²) in [7, 11) is 0. The zero-order valence-electron chi connectivity index (χ0n) is 10.0. The van der Waals surface area contributed by atoms with Crippen LogP contribution >= 0.6 is 0 Å². The van der Waals surface area contributed by atoms with Gasteiger partial charge >= 0.3 is 0 Å². The molecule has 1 saturated carbocycles. The Labute approximate surface area is 100 Å². The number of hydrogen-bond donors (Lipinski definition) is 1. The highest BCUT2D eigenvalue weighted by Gasteiger charge is 2.32. The molecular weight excluding hydrogens is 222 g/mol. The molecule has 1 aromatic rings. The molecule has 1 fully saturated rings. The van der Waals surface area contributed by atoms with E-state index in [1.165, 1.54) is 6.07 Å². The molecule has 0 amide bonds. The van der Waals surface area contributed by atoms with Gasteiger partial charge in [0.25, 0.3) is 0 Å². The molecule has 1 aromatic carbocycles. The second-order valence-corrected chi connectivity index (χ2v) is 5.32. The van der Waals surface area contributed by atoms with Crippen molar-refractivity contribution in [3.8, 4) is 0 Å². The van der Waals surface area contributed by atoms with E-state index in [9.17, 15) is 13.9 Å². The van der Waals surface area contributed by atoms with Crippen LogP contribution < -0.4 is 0 Å². The molecule has 1 aliphatic rings. The van der Waals surface area contributed by atoms with Gasteiger partial charge in [0.2, 0.25) is 0 Å². The lowest BCUT2D eigenvalue weighted by atomic mass is 9.76. The molecule has 0 atom stereocenters. The summed E-state index contributed by atoms with van der Waals surface area (Å²) in [5.74, 6) is -0.264. The molecule has 3 heteroatoms. The summed E-state index contributed by atoms with van der Waals surface area (Å²) in [4.78, 5) is 0. The van der Waals surface area contributed by atoms with Gasteiger partial charge in [-0.15, -0.1) is 0 Å². The van der Waals surface area contributed by atoms with E-state index in [2.05, 4.69) is 6.92 Å². The van der Waals surface area contributed by atoms with Crippen LogP contribution in [0.1, 0.15) is 38.2 Å². The molecule has 0 heterocycles. The van der Waals surface area contributed by atoms with E-state index in [1.54, 1.807) is 0 Å². The predicted molar refractivity (Wildman–Crippen MR) is 62.6 cm³/mol. The number of benzene rings is 1. The van der Waals surface area contributed by atoms with Crippen LogP contribution in [-0.4, -0.2) is 10.7 Å². The van der Waals surface area contributed by atoms with Gasteiger partial charge in [0.15, 0.2) is 0 Å². The Kier molecular flexibility index (Phi) is 3.48. The first kappa shape index (κ1) is 12.5. The van der Waals surface area contributed by atoms with E-state index in [0.29, 0.717) is 18.8 Å². The van der Waals surface area contributed by atoms with E-state index in [4.69, 9.17) is 0 Å². The van der Waals surface area contributed by atoms with Crippen molar-refractivity contribution in [2.24, 2.45) is 5.92 Å². The minimum absolute atomic E-state index is 0.212. The Morgan fingerprint density at radius 1 is 1.29 bits per heavy atom. The number of hydrogen-bond acceptors (Lipinski definition) is 1. The molecule has 94 valence electrons. The Balaban J connectivity index is 2.12. The maximum atomic E-state index is 13.5. The zero-order chi connectivity index (χ0) is 12.5. The van der Waals surface area contributed by atoms with Gasteiger partial charge in [-0.05, 0) is 55.4 Å². The number of rotatable bonds is 2. The zero-order valence-corrected chi connectivity index (χ0v) is 10.0. The lowest BCUT2D eigenvalue weighted by Crippen LogP contribution is -2.36. The van der Waals surface area contributed by atoms with Crippen molar-refractivity contribution in [1.29, 1.82) is 0 Å². The van der Waals surface area contributed by atoms with Gasteiger partial charge in [-0.3, -0.25) is 0 Å². The molecule has 0 spiro atoms. The van der Waals surface area contributed by atoms with Crippen molar-refractivity contribution in [3.05, 3.63) is 35.4 Å². The molecule has 1 nitrogen and oxygen atoms in total. The average molecular weight is 240 g/mol. The largest absolute Gasteiger partial charge is 0.390 e. The summed E-state index contributed by atoms with van der Waals surface area (Å²) in [6.07, 6.45) is 3.46. The van der Waals surface area contributed by atoms with Crippen molar-refractivity contribution in [2.75, 3.05) is 0 Å². The van der Waals surface area contributed by atoms with Crippen LogP contribution in [0.4, 0.5) is 8.78 Å². The highest BCUT2D eigenvalue weighted by atomic mass is 19.1. The SMILES string of the molecule is CC1CCC(O)(Cc2cc(F)ccc2F)CC1. The van der Waals surface area contributed by atoms with Crippen molar-refractivity contribution in [1.82, 2.24) is 0 Å². The Morgan fingerprint density at radius 3 is 2.59 bits per heavy atom. The molecule has 17 heavy (non-hydrogen) atoms. The summed E-state index contributed by atoms with van der Waals surface area (Å²) in [6.45, 7) is 2.16. The first-order chi connectivity index (χ1) is 7.98. The summed E-state index contributed by atoms with van der Waals surface area (Å²) in [5, 5.41) is 10.4. The molecule has 0 saturated heterocycles. The maximum absolute atomic E-state index is 13.5. The molecule has 0 aliphatic heterocycles. The monoisotopic (exact) mass is 240 g/mol. The van der Waals surface area contributed by atoms with Crippen LogP contribution in [0.5, 0.6) is 0 Å². The Bertz CT molecular complexity index is 395. The van der Waals surface area contributed by atoms with Crippen molar-refractivity contribution in [2.45, 2.75) is 44.6 Å². The van der Waals surface area contributed by atoms with Crippen LogP contribution in [-0.2, 0) is 6.42 Å². The van der Waals surface area contributed by atoms with Gasteiger partial charge in [0.05, 0.1) is 5.60 Å². The third-order valence-electron chi connectivity index (χ3n) is 3.73. The van der Waals surface area contributed by atoms with Crippen LogP contribution in [0.25, 0.3) is 0 Å². The standard InChI is InChI=1S/C14H18F2O/c1-10-4-6-14(17,7-5-10)9-11-8-12(15)2-3-13(11)16/h2-3,8,10,17H,4-7,9H2,1H3. The Hall–Kier alpha value is -0.960. The van der Waals surface area contributed by atoms with E-state index in [-0.39, 0.29) is 12.0 Å². The average Bonchev–Trinajstić information content (AvgIpc) is 2.28. The minimum Gasteiger partial charge on any atom is -0.390 e. The van der Waals surface area contributed by atoms with Gasteiger partial charge in [0, 0.05) is 6.42 Å². The van der Waals surface area contributed by atoms with Gasteiger partial charge in [-0.2, -0.15) is 0 Å². The van der Waals surface area contributed by atoms with Gasteiger partial charge in [-0.1, -0.05) is 6.92 Å². The lowest BCUT2D eigenvalue weighted by molar-refractivity contribution is -0.00735. The van der Waals surface area contributed by atoms with Crippen molar-refractivity contribution >= 4 is 0 Å². The molecule has 0 bridgehead atoms. The fourth-order valence-electron chi connectivity index (χ4n) is 2.51. The fraction of sp³-hybridized carbons (Fsp3) is 0.571. The number of aliphatic hydroxyl groups is 1. The third-order valence-corrected chi connectivity index (χ3v) is 3.73. The fourth-order valence-corrected chi connectivity index (χ4v) is 2.51. The summed E-state index contributed by atoms with van der Waals surface area (Å²) in [5.41, 5.74) is -0.580. The lowest BCUT2D eigenvalue weighted by Gasteiger charge is -2.35. The van der Waals surface area contributed by atoms with Crippen LogP contribution in [0.3, 0.4) is 0 Å². The van der Waals surface area contributed by atoms with Crippen LogP contribution in [0.2, 0.25) is 0 Å². The first-order valence-electron chi connectivity index (χ1n) is 6.15. The molecule has 2 rings (SSSR count). The quantitative estimate of drug-likeness (QED) is 0.839. The van der Waals surface area contributed by atoms with Crippen molar-refractivity contribution < 1.29 is 13.9 Å². The van der Waals surface area contributed by atoms with Crippen molar-refractivity contribution in [3.63, 3.8) is 0 Å². The Morgan fingerprint density at radius 2 is 1.94 bits per heavy atom. The molecule has 1 N–H and O–H groups in total. The molecule has 0 radical (unpaired) electrons. The molecule has 0 unspecified atom stereocenters.